The Balaban J connectivity index is 0.000000238. The van der Waals surface area contributed by atoms with Crippen molar-refractivity contribution in [3.63, 3.8) is 0 Å². The zero-order chi connectivity index (χ0) is 17.6. The molecule has 0 aromatic carbocycles. The van der Waals surface area contributed by atoms with Crippen molar-refractivity contribution in [3.05, 3.63) is 26.1 Å². The van der Waals surface area contributed by atoms with Gasteiger partial charge in [0.05, 0.1) is 22.1 Å². The van der Waals surface area contributed by atoms with Gasteiger partial charge in [0.15, 0.2) is 15.5 Å². The van der Waals surface area contributed by atoms with E-state index in [1.54, 1.807) is 13.1 Å². The molecular formula is C13H15BrN2O4S3. The van der Waals surface area contributed by atoms with Crippen LogP contribution >= 0.6 is 38.6 Å². The molecule has 0 spiro atoms. The molecule has 2 aromatic rings. The van der Waals surface area contributed by atoms with Gasteiger partial charge < -0.3 is 0 Å². The number of carbonyl (C=O) groups excluding carboxylic acids is 2. The molecule has 0 aliphatic heterocycles. The first kappa shape index (κ1) is 20.1. The topological polar surface area (TPSA) is 94.1 Å². The van der Waals surface area contributed by atoms with Crippen molar-refractivity contribution in [1.29, 1.82) is 0 Å². The van der Waals surface area contributed by atoms with Crippen LogP contribution in [0.3, 0.4) is 0 Å². The standard InChI is InChI=1S/C7H9NO3S2.C6H6BrNOS/c1-3-5(9)6-4-8-7(12-6)13(2,10)11;1-2-4(9)5-3-8-6(7)10-5/h4H,3H2,1-2H3;3H,2H2,1H3. The van der Waals surface area contributed by atoms with Gasteiger partial charge in [0, 0.05) is 19.1 Å². The van der Waals surface area contributed by atoms with Crippen LogP contribution in [0.1, 0.15) is 46.0 Å². The molecule has 0 radical (unpaired) electrons. The lowest BCUT2D eigenvalue weighted by Gasteiger charge is -1.88. The molecule has 0 atom stereocenters. The van der Waals surface area contributed by atoms with Crippen LogP contribution in [0.15, 0.2) is 20.7 Å². The maximum Gasteiger partial charge on any atom is 0.209 e. The van der Waals surface area contributed by atoms with Gasteiger partial charge in [0.2, 0.25) is 14.2 Å². The third-order valence-corrected chi connectivity index (χ3v) is 6.72. The van der Waals surface area contributed by atoms with E-state index in [1.807, 2.05) is 6.92 Å². The van der Waals surface area contributed by atoms with E-state index in [2.05, 4.69) is 25.9 Å². The highest BCUT2D eigenvalue weighted by atomic mass is 79.9. The van der Waals surface area contributed by atoms with Gasteiger partial charge in [-0.3, -0.25) is 9.59 Å². The minimum absolute atomic E-state index is 0.00398. The second-order valence-corrected chi connectivity index (χ2v) is 9.82. The lowest BCUT2D eigenvalue weighted by molar-refractivity contribution is 0.0984. The van der Waals surface area contributed by atoms with E-state index in [0.29, 0.717) is 17.7 Å². The maximum atomic E-state index is 11.1. The summed E-state index contributed by atoms with van der Waals surface area (Å²) in [5.74, 6) is 0.0793. The Morgan fingerprint density at radius 1 is 1.04 bits per heavy atom. The average Bonchev–Trinajstić information content (AvgIpc) is 3.14. The normalized spacial score (nSPS) is 10.8. The van der Waals surface area contributed by atoms with Gasteiger partial charge in [0.1, 0.15) is 0 Å². The van der Waals surface area contributed by atoms with Gasteiger partial charge in [-0.1, -0.05) is 25.2 Å². The van der Waals surface area contributed by atoms with Crippen LogP contribution < -0.4 is 0 Å². The summed E-state index contributed by atoms with van der Waals surface area (Å²) in [4.78, 5) is 30.8. The van der Waals surface area contributed by atoms with Crippen LogP contribution in [0.2, 0.25) is 0 Å². The average molecular weight is 439 g/mol. The van der Waals surface area contributed by atoms with Gasteiger partial charge in [-0.25, -0.2) is 18.4 Å². The highest BCUT2D eigenvalue weighted by molar-refractivity contribution is 9.11. The first-order valence-electron chi connectivity index (χ1n) is 6.52. The zero-order valence-corrected chi connectivity index (χ0v) is 16.7. The van der Waals surface area contributed by atoms with Crippen LogP contribution in [-0.4, -0.2) is 36.2 Å². The highest BCUT2D eigenvalue weighted by Crippen LogP contribution is 2.19. The number of aromatic nitrogens is 2. The number of hydrogen-bond acceptors (Lipinski definition) is 8. The first-order valence-corrected chi connectivity index (χ1v) is 10.8. The van der Waals surface area contributed by atoms with Crippen molar-refractivity contribution in [2.24, 2.45) is 0 Å². The van der Waals surface area contributed by atoms with Gasteiger partial charge in [-0.2, -0.15) is 0 Å². The number of halogens is 1. The van der Waals surface area contributed by atoms with Gasteiger partial charge in [0.25, 0.3) is 0 Å². The predicted molar refractivity (Wildman–Crippen MR) is 94.3 cm³/mol. The molecule has 0 fully saturated rings. The molecule has 2 aromatic heterocycles. The summed E-state index contributed by atoms with van der Waals surface area (Å²) in [7, 11) is -3.27. The second-order valence-electron chi connectivity index (χ2n) is 4.29. The Labute approximate surface area is 151 Å². The fourth-order valence-electron chi connectivity index (χ4n) is 1.29. The molecule has 126 valence electrons. The summed E-state index contributed by atoms with van der Waals surface area (Å²) >= 11 is 5.49. The van der Waals surface area contributed by atoms with Gasteiger partial charge >= 0.3 is 0 Å². The largest absolute Gasteiger partial charge is 0.293 e. The molecule has 0 saturated heterocycles. The highest BCUT2D eigenvalue weighted by Gasteiger charge is 2.15. The van der Waals surface area contributed by atoms with E-state index in [0.717, 1.165) is 26.4 Å². The molecule has 2 rings (SSSR count). The van der Waals surface area contributed by atoms with E-state index < -0.39 is 9.84 Å². The van der Waals surface area contributed by atoms with E-state index in [4.69, 9.17) is 0 Å². The molecular weight excluding hydrogens is 424 g/mol. The summed E-state index contributed by atoms with van der Waals surface area (Å²) in [5, 5.41) is 0. The van der Waals surface area contributed by atoms with E-state index in [9.17, 15) is 18.0 Å². The van der Waals surface area contributed by atoms with Crippen molar-refractivity contribution in [2.45, 2.75) is 31.0 Å². The Morgan fingerprint density at radius 2 is 1.52 bits per heavy atom. The van der Waals surface area contributed by atoms with Crippen LogP contribution in [0.4, 0.5) is 0 Å². The predicted octanol–water partition coefficient (Wildman–Crippen LogP) is 3.64. The number of nitrogens with zero attached hydrogens (tertiary/aromatic N) is 2. The number of carbonyl (C=O) groups is 2. The van der Waals surface area contributed by atoms with Crippen molar-refractivity contribution in [1.82, 2.24) is 9.97 Å². The quantitative estimate of drug-likeness (QED) is 0.661. The molecule has 10 heteroatoms. The van der Waals surface area contributed by atoms with Crippen LogP contribution in [0.25, 0.3) is 0 Å². The third-order valence-electron chi connectivity index (χ3n) is 2.47. The van der Waals surface area contributed by atoms with E-state index in [-0.39, 0.29) is 15.9 Å². The third kappa shape index (κ3) is 6.21. The molecule has 0 N–H and O–H groups in total. The number of ketones is 2. The van der Waals surface area contributed by atoms with E-state index >= 15 is 0 Å². The number of sulfone groups is 1. The van der Waals surface area contributed by atoms with Crippen LogP contribution in [0, 0.1) is 0 Å². The Kier molecular flexibility index (Phi) is 7.65. The Hall–Kier alpha value is -0.970. The Bertz CT molecular complexity index is 796. The minimum atomic E-state index is -3.27. The first-order chi connectivity index (χ1) is 10.7. The SMILES string of the molecule is CCC(=O)c1cnc(Br)s1.CCC(=O)c1cnc(S(C)(=O)=O)s1. The summed E-state index contributed by atoms with van der Waals surface area (Å²) in [6.07, 6.45) is 4.90. The molecule has 0 aliphatic rings. The van der Waals surface area contributed by atoms with Crippen molar-refractivity contribution in [3.8, 4) is 0 Å². The number of thiazole rings is 2. The smallest absolute Gasteiger partial charge is 0.209 e. The van der Waals surface area contributed by atoms with Crippen molar-refractivity contribution >= 4 is 60.0 Å². The summed E-state index contributed by atoms with van der Waals surface area (Å²) < 4.78 is 22.8. The number of Topliss-reactive ketones (excluding diaryl/α,β-unsaturated/α-hetero) is 2. The molecule has 0 aliphatic carbocycles. The molecule has 23 heavy (non-hydrogen) atoms. The molecule has 0 amide bonds. The van der Waals surface area contributed by atoms with Crippen molar-refractivity contribution < 1.29 is 18.0 Å². The minimum Gasteiger partial charge on any atom is -0.293 e. The number of hydrogen-bond donors (Lipinski definition) is 0. The molecule has 2 heterocycles. The van der Waals surface area contributed by atoms with E-state index in [1.165, 1.54) is 17.5 Å². The monoisotopic (exact) mass is 438 g/mol. The van der Waals surface area contributed by atoms with Crippen LogP contribution in [-0.2, 0) is 9.84 Å². The maximum absolute atomic E-state index is 11.1. The van der Waals surface area contributed by atoms with Gasteiger partial charge in [-0.15, -0.1) is 11.3 Å². The fraction of sp³-hybridized carbons (Fsp3) is 0.385. The Morgan fingerprint density at radius 3 is 1.87 bits per heavy atom. The lowest BCUT2D eigenvalue weighted by atomic mass is 10.3. The molecule has 0 bridgehead atoms. The van der Waals surface area contributed by atoms with Gasteiger partial charge in [-0.05, 0) is 15.9 Å². The lowest BCUT2D eigenvalue weighted by Crippen LogP contribution is -1.94. The fourth-order valence-corrected chi connectivity index (χ4v) is 4.34. The van der Waals surface area contributed by atoms with Crippen LogP contribution in [0.5, 0.6) is 0 Å². The summed E-state index contributed by atoms with van der Waals surface area (Å²) in [6.45, 7) is 3.57. The summed E-state index contributed by atoms with van der Waals surface area (Å²) in [6, 6.07) is 0. The number of rotatable bonds is 5. The molecule has 0 unspecified atom stereocenters. The zero-order valence-electron chi connectivity index (χ0n) is 12.7. The van der Waals surface area contributed by atoms with Crippen molar-refractivity contribution in [2.75, 3.05) is 6.26 Å². The molecule has 0 saturated carbocycles. The summed E-state index contributed by atoms with van der Waals surface area (Å²) in [5.41, 5.74) is 0. The second kappa shape index (κ2) is 8.76. The molecule has 6 nitrogen and oxygen atoms in total.